The largest absolute Gasteiger partial charge is 0.370 e. The van der Waals surface area contributed by atoms with E-state index in [4.69, 9.17) is 10.5 Å². The van der Waals surface area contributed by atoms with Crippen molar-refractivity contribution in [2.75, 3.05) is 30.0 Å². The van der Waals surface area contributed by atoms with Crippen LogP contribution in [0.1, 0.15) is 38.5 Å². The van der Waals surface area contributed by atoms with E-state index in [2.05, 4.69) is 5.32 Å². The summed E-state index contributed by atoms with van der Waals surface area (Å²) in [5.41, 5.74) is 5.96. The van der Waals surface area contributed by atoms with Gasteiger partial charge in [0.2, 0.25) is 5.91 Å². The molecule has 3 amide bonds. The number of nitrogens with one attached hydrogen (secondary N) is 1. The minimum atomic E-state index is -1.12. The molecule has 9 heteroatoms. The molecule has 3 aliphatic rings. The Morgan fingerprint density at radius 2 is 1.87 bits per heavy atom. The van der Waals surface area contributed by atoms with Crippen molar-refractivity contribution in [3.8, 4) is 0 Å². The van der Waals surface area contributed by atoms with E-state index in [0.29, 0.717) is 18.8 Å². The number of halogens is 1. The minimum absolute atomic E-state index is 0.0431. The van der Waals surface area contributed by atoms with Crippen LogP contribution in [-0.4, -0.2) is 60.5 Å². The summed E-state index contributed by atoms with van der Waals surface area (Å²) in [5, 5.41) is 2.54. The molecule has 1 aromatic rings. The van der Waals surface area contributed by atoms with Crippen molar-refractivity contribution in [3.05, 3.63) is 24.0 Å². The van der Waals surface area contributed by atoms with Crippen LogP contribution in [-0.2, 0) is 19.1 Å². The van der Waals surface area contributed by atoms with Gasteiger partial charge in [-0.2, -0.15) is 0 Å². The average Bonchev–Trinajstić information content (AvgIpc) is 2.61. The van der Waals surface area contributed by atoms with Crippen LogP contribution in [0.15, 0.2) is 18.2 Å². The number of nitrogens with two attached hydrogens (primary N) is 1. The van der Waals surface area contributed by atoms with E-state index in [9.17, 15) is 18.8 Å². The van der Waals surface area contributed by atoms with E-state index < -0.39 is 23.7 Å². The van der Waals surface area contributed by atoms with Crippen molar-refractivity contribution in [1.29, 1.82) is 0 Å². The van der Waals surface area contributed by atoms with Crippen LogP contribution in [0.3, 0.4) is 0 Å². The smallest absolute Gasteiger partial charge is 0.253 e. The molecule has 4 rings (SSSR count). The normalized spacial score (nSPS) is 21.1. The van der Waals surface area contributed by atoms with Gasteiger partial charge >= 0.3 is 0 Å². The number of primary amides is 1. The zero-order valence-corrected chi connectivity index (χ0v) is 16.8. The molecular weight excluding hydrogens is 391 g/mol. The predicted octanol–water partition coefficient (Wildman–Crippen LogP) is 1.39. The fourth-order valence-electron chi connectivity index (χ4n) is 4.27. The zero-order valence-electron chi connectivity index (χ0n) is 16.8. The van der Waals surface area contributed by atoms with Gasteiger partial charge in [0.25, 0.3) is 11.8 Å². The Morgan fingerprint density at radius 3 is 2.37 bits per heavy atom. The Bertz CT molecular complexity index is 826. The number of hydrogen-bond donors (Lipinski definition) is 2. The molecule has 1 saturated heterocycles. The van der Waals surface area contributed by atoms with Gasteiger partial charge in [0.15, 0.2) is 6.04 Å². The Hall–Kier alpha value is -2.52. The average molecular weight is 418 g/mol. The highest BCUT2D eigenvalue weighted by Crippen LogP contribution is 2.35. The van der Waals surface area contributed by atoms with E-state index in [0.717, 1.165) is 38.5 Å². The van der Waals surface area contributed by atoms with Gasteiger partial charge in [0.05, 0.1) is 12.3 Å². The van der Waals surface area contributed by atoms with Crippen LogP contribution < -0.4 is 16.0 Å². The number of carbonyl (C=O) groups excluding carboxylic acids is 3. The molecule has 0 spiro atoms. The summed E-state index contributed by atoms with van der Waals surface area (Å²) in [6.07, 6.45) is 5.87. The number of anilines is 2. The molecular formula is C21H27FN4O4. The quantitative estimate of drug-likeness (QED) is 0.651. The number of rotatable bonds is 7. The summed E-state index contributed by atoms with van der Waals surface area (Å²) in [7, 11) is 0. The summed E-state index contributed by atoms with van der Waals surface area (Å²) in [6.45, 7) is 0.675. The lowest BCUT2D eigenvalue weighted by Crippen LogP contribution is -2.62. The molecule has 1 aliphatic heterocycles. The number of hydrogen-bond acceptors (Lipinski definition) is 5. The molecule has 8 nitrogen and oxygen atoms in total. The first-order valence-corrected chi connectivity index (χ1v) is 10.5. The molecule has 1 heterocycles. The maximum absolute atomic E-state index is 14.7. The van der Waals surface area contributed by atoms with Crippen molar-refractivity contribution >= 4 is 29.1 Å². The van der Waals surface area contributed by atoms with E-state index >= 15 is 0 Å². The van der Waals surface area contributed by atoms with Crippen molar-refractivity contribution in [3.63, 3.8) is 0 Å². The van der Waals surface area contributed by atoms with Gasteiger partial charge in [-0.15, -0.1) is 0 Å². The van der Waals surface area contributed by atoms with Crippen molar-refractivity contribution in [2.45, 2.75) is 56.7 Å². The molecule has 1 aromatic carbocycles. The molecule has 162 valence electrons. The molecule has 0 unspecified atom stereocenters. The summed E-state index contributed by atoms with van der Waals surface area (Å²) in [5.74, 6) is -2.26. The first kappa shape index (κ1) is 20.7. The lowest BCUT2D eigenvalue weighted by atomic mass is 9.83. The highest BCUT2D eigenvalue weighted by molar-refractivity contribution is 6.09. The Labute approximate surface area is 174 Å². The number of ether oxygens (including phenoxy) is 1. The third-order valence-electron chi connectivity index (χ3n) is 6.32. The van der Waals surface area contributed by atoms with Crippen LogP contribution in [0.25, 0.3) is 0 Å². The highest BCUT2D eigenvalue weighted by Gasteiger charge is 2.43. The van der Waals surface area contributed by atoms with Crippen LogP contribution >= 0.6 is 0 Å². The lowest BCUT2D eigenvalue weighted by Gasteiger charge is -2.48. The third-order valence-corrected chi connectivity index (χ3v) is 6.32. The summed E-state index contributed by atoms with van der Waals surface area (Å²) < 4.78 is 19.8. The number of amides is 3. The number of benzene rings is 1. The monoisotopic (exact) mass is 418 g/mol. The van der Waals surface area contributed by atoms with Gasteiger partial charge in [-0.1, -0.05) is 12.8 Å². The first-order valence-electron chi connectivity index (χ1n) is 10.5. The topological polar surface area (TPSA) is 105 Å². The second kappa shape index (κ2) is 8.69. The lowest BCUT2D eigenvalue weighted by molar-refractivity contribution is -0.138. The van der Waals surface area contributed by atoms with Gasteiger partial charge in [0.1, 0.15) is 12.4 Å². The standard InChI is InChI=1S/C21H27FN4O4/c22-16-11-15(25-9-10-30-12-18(25)27)7-8-17(16)24-21(29)19(20(23)28)26(13-3-1-4-13)14-5-2-6-14/h7-8,11,13-14,19H,1-6,9-10,12H2,(H2,23,28)(H,24,29)/t19-/m0/s1. The Kier molecular flexibility index (Phi) is 6.01. The Balaban J connectivity index is 1.51. The third kappa shape index (κ3) is 4.04. The molecule has 0 aromatic heterocycles. The predicted molar refractivity (Wildman–Crippen MR) is 108 cm³/mol. The number of morpholine rings is 1. The van der Waals surface area contributed by atoms with E-state index in [1.165, 1.54) is 17.0 Å². The molecule has 0 radical (unpaired) electrons. The highest BCUT2D eigenvalue weighted by atomic mass is 19.1. The minimum Gasteiger partial charge on any atom is -0.370 e. The van der Waals surface area contributed by atoms with Gasteiger partial charge < -0.3 is 20.7 Å². The summed E-state index contributed by atoms with van der Waals surface area (Å²) in [4.78, 5) is 40.5. The van der Waals surface area contributed by atoms with Crippen LogP contribution in [0.4, 0.5) is 15.8 Å². The number of carbonyl (C=O) groups is 3. The molecule has 30 heavy (non-hydrogen) atoms. The van der Waals surface area contributed by atoms with Crippen molar-refractivity contribution < 1.29 is 23.5 Å². The van der Waals surface area contributed by atoms with Crippen molar-refractivity contribution in [2.24, 2.45) is 5.73 Å². The second-order valence-corrected chi connectivity index (χ2v) is 8.17. The van der Waals surface area contributed by atoms with Gasteiger partial charge in [-0.25, -0.2) is 4.39 Å². The van der Waals surface area contributed by atoms with Crippen LogP contribution in [0.5, 0.6) is 0 Å². The molecule has 1 atom stereocenters. The summed E-state index contributed by atoms with van der Waals surface area (Å²) >= 11 is 0. The van der Waals surface area contributed by atoms with E-state index in [1.54, 1.807) is 6.07 Å². The van der Waals surface area contributed by atoms with E-state index in [1.807, 2.05) is 4.90 Å². The maximum Gasteiger partial charge on any atom is 0.253 e. The van der Waals surface area contributed by atoms with Gasteiger partial charge in [-0.05, 0) is 43.9 Å². The van der Waals surface area contributed by atoms with E-state index in [-0.39, 0.29) is 30.3 Å². The number of nitrogens with zero attached hydrogens (tertiary/aromatic N) is 2. The fourth-order valence-corrected chi connectivity index (χ4v) is 4.27. The van der Waals surface area contributed by atoms with Gasteiger partial charge in [-0.3, -0.25) is 19.3 Å². The molecule has 2 saturated carbocycles. The Morgan fingerprint density at radius 1 is 1.20 bits per heavy atom. The van der Waals surface area contributed by atoms with Crippen LogP contribution in [0.2, 0.25) is 0 Å². The molecule has 0 bridgehead atoms. The molecule has 3 N–H and O–H groups in total. The maximum atomic E-state index is 14.7. The summed E-state index contributed by atoms with van der Waals surface area (Å²) in [6, 6.07) is 3.38. The molecule has 2 aliphatic carbocycles. The zero-order chi connectivity index (χ0) is 21.3. The van der Waals surface area contributed by atoms with Crippen LogP contribution in [0, 0.1) is 5.82 Å². The first-order chi connectivity index (χ1) is 14.5. The SMILES string of the molecule is NC(=O)[C@@H](C(=O)Nc1ccc(N2CCOCC2=O)cc1F)N(C1CCC1)C1CCC1. The fraction of sp³-hybridized carbons (Fsp3) is 0.571. The van der Waals surface area contributed by atoms with Crippen molar-refractivity contribution in [1.82, 2.24) is 4.90 Å². The van der Waals surface area contributed by atoms with Gasteiger partial charge in [0, 0.05) is 24.3 Å². The second-order valence-electron chi connectivity index (χ2n) is 8.17. The molecule has 3 fully saturated rings.